The molecule has 0 aliphatic carbocycles. The summed E-state index contributed by atoms with van der Waals surface area (Å²) >= 11 is 1.53. The molecule has 0 unspecified atom stereocenters. The number of thiophene rings is 1. The van der Waals surface area contributed by atoms with E-state index in [2.05, 4.69) is 29.1 Å². The van der Waals surface area contributed by atoms with Gasteiger partial charge >= 0.3 is 5.97 Å². The molecule has 2 aromatic carbocycles. The van der Waals surface area contributed by atoms with E-state index < -0.39 is 5.97 Å². The number of hydrogen-bond donors (Lipinski definition) is 2. The van der Waals surface area contributed by atoms with E-state index in [4.69, 9.17) is 0 Å². The summed E-state index contributed by atoms with van der Waals surface area (Å²) in [5, 5.41) is 15.3. The Morgan fingerprint density at radius 2 is 1.97 bits per heavy atom. The molecule has 0 aliphatic rings. The van der Waals surface area contributed by atoms with Gasteiger partial charge < -0.3 is 10.4 Å². The number of anilines is 1. The van der Waals surface area contributed by atoms with Gasteiger partial charge in [-0.05, 0) is 59.5 Å². The lowest BCUT2D eigenvalue weighted by Crippen LogP contribution is -2.08. The third-order valence-electron chi connectivity index (χ3n) is 5.28. The molecule has 2 aromatic heterocycles. The van der Waals surface area contributed by atoms with Crippen LogP contribution in [0.5, 0.6) is 0 Å². The maximum atomic E-state index is 14.6. The van der Waals surface area contributed by atoms with Crippen molar-refractivity contribution >= 4 is 33.2 Å². The molecule has 4 rings (SSSR count). The predicted molar refractivity (Wildman–Crippen MR) is 127 cm³/mol. The number of halogens is 1. The van der Waals surface area contributed by atoms with Crippen molar-refractivity contribution in [2.75, 3.05) is 11.9 Å². The molecule has 2 N–H and O–H groups in total. The maximum Gasteiger partial charge on any atom is 0.335 e. The standard InChI is InChI=1S/C25H24FN3O2S/c1-15(2)11-18-12-17(3-5-19(18)25(30)31)21-13-23(29-14-28-21)27-9-7-16-4-6-22-20(24(16)26)8-10-32-22/h3-6,8,10,12-15H,7,9,11H2,1-2H3,(H,30,31)(H,27,28,29). The first kappa shape index (κ1) is 21.9. The topological polar surface area (TPSA) is 75.1 Å². The van der Waals surface area contributed by atoms with E-state index in [1.54, 1.807) is 12.1 Å². The predicted octanol–water partition coefficient (Wildman–Crippen LogP) is 6.05. The smallest absolute Gasteiger partial charge is 0.335 e. The first-order valence-corrected chi connectivity index (χ1v) is 11.4. The molecule has 0 radical (unpaired) electrons. The number of hydrogen-bond acceptors (Lipinski definition) is 5. The second-order valence-corrected chi connectivity index (χ2v) is 9.06. The SMILES string of the molecule is CC(C)Cc1cc(-c2cc(NCCc3ccc4sccc4c3F)ncn2)ccc1C(=O)O. The molecule has 2 heterocycles. The third kappa shape index (κ3) is 4.78. The van der Waals surface area contributed by atoms with E-state index in [0.29, 0.717) is 53.3 Å². The summed E-state index contributed by atoms with van der Waals surface area (Å²) in [7, 11) is 0. The number of rotatable bonds is 8. The number of carboxylic acids is 1. The highest BCUT2D eigenvalue weighted by molar-refractivity contribution is 7.17. The molecule has 0 atom stereocenters. The molecule has 0 bridgehead atoms. The number of nitrogens with one attached hydrogen (secondary N) is 1. The van der Waals surface area contributed by atoms with Gasteiger partial charge in [0.2, 0.25) is 0 Å². The largest absolute Gasteiger partial charge is 0.478 e. The van der Waals surface area contributed by atoms with Crippen LogP contribution in [0.1, 0.15) is 35.3 Å². The molecule has 164 valence electrons. The third-order valence-corrected chi connectivity index (χ3v) is 6.16. The van der Waals surface area contributed by atoms with Crippen molar-refractivity contribution in [2.24, 2.45) is 5.92 Å². The van der Waals surface area contributed by atoms with Gasteiger partial charge in [-0.3, -0.25) is 0 Å². The van der Waals surface area contributed by atoms with E-state index in [9.17, 15) is 14.3 Å². The average Bonchev–Trinajstić information content (AvgIpc) is 3.25. The van der Waals surface area contributed by atoms with Crippen molar-refractivity contribution in [1.29, 1.82) is 0 Å². The zero-order valence-electron chi connectivity index (χ0n) is 17.9. The Labute approximate surface area is 190 Å². The van der Waals surface area contributed by atoms with Gasteiger partial charge in [-0.1, -0.05) is 26.0 Å². The summed E-state index contributed by atoms with van der Waals surface area (Å²) in [4.78, 5) is 20.2. The molecule has 5 nitrogen and oxygen atoms in total. The first-order chi connectivity index (χ1) is 15.4. The number of nitrogens with zero attached hydrogens (tertiary/aromatic N) is 2. The van der Waals surface area contributed by atoms with Gasteiger partial charge in [0.05, 0.1) is 11.3 Å². The molecule has 7 heteroatoms. The van der Waals surface area contributed by atoms with E-state index >= 15 is 0 Å². The summed E-state index contributed by atoms with van der Waals surface area (Å²) in [5.41, 5.74) is 3.32. The quantitative estimate of drug-likeness (QED) is 0.343. The molecule has 0 amide bonds. The van der Waals surface area contributed by atoms with Crippen LogP contribution >= 0.6 is 11.3 Å². The van der Waals surface area contributed by atoms with Crippen LogP contribution in [0.25, 0.3) is 21.3 Å². The van der Waals surface area contributed by atoms with E-state index in [-0.39, 0.29) is 5.82 Å². The number of fused-ring (bicyclic) bond motifs is 1. The first-order valence-electron chi connectivity index (χ1n) is 10.5. The van der Waals surface area contributed by atoms with E-state index in [1.165, 1.54) is 17.7 Å². The van der Waals surface area contributed by atoms with Crippen LogP contribution in [0.4, 0.5) is 10.2 Å². The van der Waals surface area contributed by atoms with Crippen LogP contribution in [0.2, 0.25) is 0 Å². The Bertz CT molecular complexity index is 1270. The van der Waals surface area contributed by atoms with E-state index in [1.807, 2.05) is 35.7 Å². The zero-order chi connectivity index (χ0) is 22.7. The number of benzene rings is 2. The fraction of sp³-hybridized carbons (Fsp3) is 0.240. The highest BCUT2D eigenvalue weighted by atomic mass is 32.1. The molecule has 0 saturated heterocycles. The summed E-state index contributed by atoms with van der Waals surface area (Å²) < 4.78 is 15.6. The van der Waals surface area contributed by atoms with Crippen molar-refractivity contribution in [1.82, 2.24) is 9.97 Å². The van der Waals surface area contributed by atoms with Crippen molar-refractivity contribution in [2.45, 2.75) is 26.7 Å². The molecular weight excluding hydrogens is 425 g/mol. The van der Waals surface area contributed by atoms with Crippen LogP contribution in [0.15, 0.2) is 54.2 Å². The summed E-state index contributed by atoms with van der Waals surface area (Å²) in [6.45, 7) is 4.65. The Morgan fingerprint density at radius 3 is 2.75 bits per heavy atom. The van der Waals surface area contributed by atoms with Crippen molar-refractivity contribution < 1.29 is 14.3 Å². The van der Waals surface area contributed by atoms with E-state index in [0.717, 1.165) is 15.8 Å². The summed E-state index contributed by atoms with van der Waals surface area (Å²) in [6.07, 6.45) is 2.68. The summed E-state index contributed by atoms with van der Waals surface area (Å²) in [5.74, 6) is -0.116. The number of aromatic carboxylic acids is 1. The van der Waals surface area contributed by atoms with Crippen LogP contribution in [0, 0.1) is 11.7 Å². The lowest BCUT2D eigenvalue weighted by Gasteiger charge is -2.12. The minimum atomic E-state index is -0.926. The minimum Gasteiger partial charge on any atom is -0.478 e. The van der Waals surface area contributed by atoms with Crippen LogP contribution in [0.3, 0.4) is 0 Å². The number of carbonyl (C=O) groups is 1. The Hall–Kier alpha value is -3.32. The Morgan fingerprint density at radius 1 is 1.12 bits per heavy atom. The highest BCUT2D eigenvalue weighted by Gasteiger charge is 2.14. The van der Waals surface area contributed by atoms with Gasteiger partial charge in [0.1, 0.15) is 18.0 Å². The fourth-order valence-electron chi connectivity index (χ4n) is 3.75. The number of carboxylic acid groups (broad SMARTS) is 1. The fourth-order valence-corrected chi connectivity index (χ4v) is 4.54. The van der Waals surface area contributed by atoms with Crippen LogP contribution in [-0.2, 0) is 12.8 Å². The highest BCUT2D eigenvalue weighted by Crippen LogP contribution is 2.27. The molecule has 32 heavy (non-hydrogen) atoms. The monoisotopic (exact) mass is 449 g/mol. The normalized spacial score (nSPS) is 11.2. The minimum absolute atomic E-state index is 0.162. The van der Waals surface area contributed by atoms with Crippen LogP contribution < -0.4 is 5.32 Å². The van der Waals surface area contributed by atoms with Gasteiger partial charge in [-0.15, -0.1) is 11.3 Å². The van der Waals surface area contributed by atoms with Gasteiger partial charge in [0.25, 0.3) is 0 Å². The summed E-state index contributed by atoms with van der Waals surface area (Å²) in [6, 6.07) is 12.7. The van der Waals surface area contributed by atoms with Crippen molar-refractivity contribution in [3.05, 3.63) is 76.7 Å². The van der Waals surface area contributed by atoms with Gasteiger partial charge in [0, 0.05) is 28.3 Å². The Kier molecular flexibility index (Phi) is 6.46. The lowest BCUT2D eigenvalue weighted by atomic mass is 9.95. The van der Waals surface area contributed by atoms with Crippen molar-refractivity contribution in [3.8, 4) is 11.3 Å². The second-order valence-electron chi connectivity index (χ2n) is 8.11. The lowest BCUT2D eigenvalue weighted by molar-refractivity contribution is 0.0695. The second kappa shape index (κ2) is 9.44. The average molecular weight is 450 g/mol. The molecule has 0 aliphatic heterocycles. The van der Waals surface area contributed by atoms with Gasteiger partial charge in [0.15, 0.2) is 0 Å². The van der Waals surface area contributed by atoms with Crippen molar-refractivity contribution in [3.63, 3.8) is 0 Å². The molecule has 0 spiro atoms. The molecular formula is C25H24FN3O2S. The number of aromatic nitrogens is 2. The Balaban J connectivity index is 1.49. The van der Waals surface area contributed by atoms with Gasteiger partial charge in [-0.2, -0.15) is 0 Å². The molecule has 0 fully saturated rings. The van der Waals surface area contributed by atoms with Crippen LogP contribution in [-0.4, -0.2) is 27.6 Å². The molecule has 0 saturated carbocycles. The zero-order valence-corrected chi connectivity index (χ0v) is 18.7. The maximum absolute atomic E-state index is 14.6. The van der Waals surface area contributed by atoms with Gasteiger partial charge in [-0.25, -0.2) is 19.2 Å². The molecule has 4 aromatic rings.